The molecule has 3 rings (SSSR count). The maximum absolute atomic E-state index is 4.45. The third-order valence-electron chi connectivity index (χ3n) is 5.59. The van der Waals surface area contributed by atoms with E-state index in [4.69, 9.17) is 0 Å². The second kappa shape index (κ2) is 4.27. The normalized spacial score (nSPS) is 35.8. The largest absolute Gasteiger partial charge is 0.307 e. The molecule has 3 atom stereocenters. The number of aryl methyl sites for hydroxylation is 1. The SMILES string of the molecule is Cc1cnc(CNC2C3(C)CCC(C3)C2(C)C)cn1. The number of fused-ring (bicyclic) bond motifs is 2. The minimum atomic E-state index is 0.408. The van der Waals surface area contributed by atoms with E-state index in [0.29, 0.717) is 16.9 Å². The van der Waals surface area contributed by atoms with E-state index < -0.39 is 0 Å². The van der Waals surface area contributed by atoms with Crippen LogP contribution in [0.1, 0.15) is 51.4 Å². The Bertz CT molecular complexity index is 461. The van der Waals surface area contributed by atoms with Crippen LogP contribution in [-0.4, -0.2) is 16.0 Å². The van der Waals surface area contributed by atoms with Crippen molar-refractivity contribution >= 4 is 0 Å². The van der Waals surface area contributed by atoms with Crippen LogP contribution in [0.5, 0.6) is 0 Å². The first kappa shape index (κ1) is 13.0. The molecule has 2 saturated carbocycles. The van der Waals surface area contributed by atoms with Gasteiger partial charge in [0.2, 0.25) is 0 Å². The van der Waals surface area contributed by atoms with Crippen LogP contribution in [0.4, 0.5) is 0 Å². The van der Waals surface area contributed by atoms with Gasteiger partial charge in [0, 0.05) is 25.0 Å². The Balaban J connectivity index is 1.71. The molecule has 1 heterocycles. The fourth-order valence-corrected chi connectivity index (χ4v) is 4.53. The van der Waals surface area contributed by atoms with Crippen LogP contribution >= 0.6 is 0 Å². The van der Waals surface area contributed by atoms with E-state index in [1.807, 2.05) is 19.3 Å². The molecule has 104 valence electrons. The Labute approximate surface area is 116 Å². The molecule has 3 unspecified atom stereocenters. The second-order valence-electron chi connectivity index (χ2n) is 7.38. The van der Waals surface area contributed by atoms with Gasteiger partial charge in [0.05, 0.1) is 11.4 Å². The summed E-state index contributed by atoms with van der Waals surface area (Å²) in [6.07, 6.45) is 7.91. The van der Waals surface area contributed by atoms with Crippen LogP contribution in [0, 0.1) is 23.7 Å². The zero-order valence-electron chi connectivity index (χ0n) is 12.5. The number of hydrogen-bond acceptors (Lipinski definition) is 3. The van der Waals surface area contributed by atoms with Crippen molar-refractivity contribution in [3.63, 3.8) is 0 Å². The molecule has 1 N–H and O–H groups in total. The van der Waals surface area contributed by atoms with Gasteiger partial charge in [-0.15, -0.1) is 0 Å². The fraction of sp³-hybridized carbons (Fsp3) is 0.750. The summed E-state index contributed by atoms with van der Waals surface area (Å²) in [5, 5.41) is 3.78. The summed E-state index contributed by atoms with van der Waals surface area (Å²) in [5.41, 5.74) is 2.92. The molecular weight excluding hydrogens is 234 g/mol. The molecule has 0 saturated heterocycles. The molecule has 3 heteroatoms. The lowest BCUT2D eigenvalue weighted by molar-refractivity contribution is 0.107. The van der Waals surface area contributed by atoms with Gasteiger partial charge in [0.1, 0.15) is 0 Å². The van der Waals surface area contributed by atoms with Gasteiger partial charge in [0.15, 0.2) is 0 Å². The minimum absolute atomic E-state index is 0.408. The lowest BCUT2D eigenvalue weighted by Gasteiger charge is -2.43. The molecule has 0 aliphatic heterocycles. The average molecular weight is 259 g/mol. The molecular formula is C16H25N3. The van der Waals surface area contributed by atoms with Crippen molar-refractivity contribution in [2.24, 2.45) is 16.7 Å². The molecule has 2 bridgehead atoms. The quantitative estimate of drug-likeness (QED) is 0.906. The Kier molecular flexibility index (Phi) is 2.93. The van der Waals surface area contributed by atoms with Crippen molar-refractivity contribution in [3.05, 3.63) is 23.8 Å². The molecule has 1 aromatic heterocycles. The first-order valence-corrected chi connectivity index (χ1v) is 7.43. The Hall–Kier alpha value is -0.960. The van der Waals surface area contributed by atoms with E-state index in [1.54, 1.807) is 0 Å². The summed E-state index contributed by atoms with van der Waals surface area (Å²) in [5.74, 6) is 0.888. The van der Waals surface area contributed by atoms with Crippen molar-refractivity contribution in [3.8, 4) is 0 Å². The summed E-state index contributed by atoms with van der Waals surface area (Å²) in [6.45, 7) is 10.1. The van der Waals surface area contributed by atoms with Crippen LogP contribution < -0.4 is 5.32 Å². The molecule has 2 fully saturated rings. The van der Waals surface area contributed by atoms with Crippen LogP contribution in [0.15, 0.2) is 12.4 Å². The first-order chi connectivity index (χ1) is 8.92. The minimum Gasteiger partial charge on any atom is -0.307 e. The van der Waals surface area contributed by atoms with Gasteiger partial charge >= 0.3 is 0 Å². The Morgan fingerprint density at radius 3 is 2.63 bits per heavy atom. The highest BCUT2D eigenvalue weighted by Gasteiger charge is 2.58. The molecule has 0 spiro atoms. The summed E-state index contributed by atoms with van der Waals surface area (Å²) in [6, 6.07) is 0.599. The zero-order valence-corrected chi connectivity index (χ0v) is 12.5. The van der Waals surface area contributed by atoms with Crippen molar-refractivity contribution < 1.29 is 0 Å². The van der Waals surface area contributed by atoms with Crippen LogP contribution in [0.3, 0.4) is 0 Å². The number of aromatic nitrogens is 2. The summed E-state index contributed by atoms with van der Waals surface area (Å²) >= 11 is 0. The highest BCUT2D eigenvalue weighted by Crippen LogP contribution is 2.62. The van der Waals surface area contributed by atoms with Crippen molar-refractivity contribution in [1.82, 2.24) is 15.3 Å². The lowest BCUT2D eigenvalue weighted by atomic mass is 9.68. The zero-order chi connectivity index (χ0) is 13.7. The monoisotopic (exact) mass is 259 g/mol. The van der Waals surface area contributed by atoms with Crippen molar-refractivity contribution in [1.29, 1.82) is 0 Å². The van der Waals surface area contributed by atoms with E-state index in [-0.39, 0.29) is 0 Å². The standard InChI is InChI=1S/C16H25N3/c1-11-8-18-13(9-17-11)10-19-14-15(2,3)12-5-6-16(14,4)7-12/h8-9,12,14,19H,5-7,10H2,1-4H3. The molecule has 0 radical (unpaired) electrons. The van der Waals surface area contributed by atoms with Gasteiger partial charge in [-0.1, -0.05) is 20.8 Å². The number of hydrogen-bond donors (Lipinski definition) is 1. The van der Waals surface area contributed by atoms with E-state index in [2.05, 4.69) is 36.1 Å². The van der Waals surface area contributed by atoms with Crippen LogP contribution in [0.25, 0.3) is 0 Å². The summed E-state index contributed by atoms with van der Waals surface area (Å²) in [4.78, 5) is 8.77. The molecule has 2 aliphatic carbocycles. The number of nitrogens with one attached hydrogen (secondary N) is 1. The molecule has 19 heavy (non-hydrogen) atoms. The number of rotatable bonds is 3. The number of nitrogens with zero attached hydrogens (tertiary/aromatic N) is 2. The van der Waals surface area contributed by atoms with Crippen LogP contribution in [0.2, 0.25) is 0 Å². The highest BCUT2D eigenvalue weighted by atomic mass is 15.0. The van der Waals surface area contributed by atoms with Gasteiger partial charge < -0.3 is 5.32 Å². The van der Waals surface area contributed by atoms with Gasteiger partial charge in [-0.2, -0.15) is 0 Å². The molecule has 0 aromatic carbocycles. The van der Waals surface area contributed by atoms with E-state index in [9.17, 15) is 0 Å². The van der Waals surface area contributed by atoms with Gasteiger partial charge in [-0.25, -0.2) is 0 Å². The van der Waals surface area contributed by atoms with Crippen molar-refractivity contribution in [2.45, 2.75) is 59.5 Å². The van der Waals surface area contributed by atoms with Gasteiger partial charge in [-0.3, -0.25) is 9.97 Å². The average Bonchev–Trinajstić information content (AvgIpc) is 2.82. The topological polar surface area (TPSA) is 37.8 Å². The maximum Gasteiger partial charge on any atom is 0.0724 e. The predicted octanol–water partition coefficient (Wildman–Crippen LogP) is 3.09. The second-order valence-corrected chi connectivity index (χ2v) is 7.38. The third kappa shape index (κ3) is 2.08. The first-order valence-electron chi connectivity index (χ1n) is 7.43. The Morgan fingerprint density at radius 2 is 2.05 bits per heavy atom. The Morgan fingerprint density at radius 1 is 1.26 bits per heavy atom. The van der Waals surface area contributed by atoms with Gasteiger partial charge in [-0.05, 0) is 42.9 Å². The van der Waals surface area contributed by atoms with Crippen molar-refractivity contribution in [2.75, 3.05) is 0 Å². The smallest absolute Gasteiger partial charge is 0.0724 e. The summed E-state index contributed by atoms with van der Waals surface area (Å²) < 4.78 is 0. The predicted molar refractivity (Wildman–Crippen MR) is 76.6 cm³/mol. The summed E-state index contributed by atoms with van der Waals surface area (Å²) in [7, 11) is 0. The maximum atomic E-state index is 4.45. The third-order valence-corrected chi connectivity index (χ3v) is 5.59. The molecule has 0 amide bonds. The molecule has 2 aliphatic rings. The lowest BCUT2D eigenvalue weighted by Crippen LogP contribution is -2.50. The van der Waals surface area contributed by atoms with E-state index >= 15 is 0 Å². The van der Waals surface area contributed by atoms with Gasteiger partial charge in [0.25, 0.3) is 0 Å². The molecule has 1 aromatic rings. The van der Waals surface area contributed by atoms with E-state index in [0.717, 1.165) is 23.9 Å². The fourth-order valence-electron chi connectivity index (χ4n) is 4.53. The molecule has 3 nitrogen and oxygen atoms in total. The van der Waals surface area contributed by atoms with Crippen LogP contribution in [-0.2, 0) is 6.54 Å². The van der Waals surface area contributed by atoms with E-state index in [1.165, 1.54) is 19.3 Å². The highest BCUT2D eigenvalue weighted by molar-refractivity contribution is 5.12.